The van der Waals surface area contributed by atoms with Gasteiger partial charge in [0.05, 0.1) is 11.4 Å². The fourth-order valence-corrected chi connectivity index (χ4v) is 2.93. The van der Waals surface area contributed by atoms with Gasteiger partial charge in [-0.15, -0.1) is 0 Å². The Bertz CT molecular complexity index is 750. The van der Waals surface area contributed by atoms with Crippen LogP contribution in [0.25, 0.3) is 0 Å². The highest BCUT2D eigenvalue weighted by molar-refractivity contribution is 7.80. The highest BCUT2D eigenvalue weighted by Gasteiger charge is 2.07. The van der Waals surface area contributed by atoms with Gasteiger partial charge in [0.1, 0.15) is 24.7 Å². The van der Waals surface area contributed by atoms with Gasteiger partial charge in [-0.3, -0.25) is 0 Å². The van der Waals surface area contributed by atoms with Crippen LogP contribution in [0.4, 0.5) is 11.4 Å². The Morgan fingerprint density at radius 1 is 0.700 bits per heavy atom. The fourth-order valence-electron chi connectivity index (χ4n) is 2.50. The first-order valence-corrected chi connectivity index (χ1v) is 11.0. The molecule has 0 aliphatic rings. The number of rotatable bonds is 11. The Hall–Kier alpha value is -2.58. The molecule has 0 aliphatic carbocycles. The number of benzene rings is 2. The summed E-state index contributed by atoms with van der Waals surface area (Å²) >= 11 is 10.6. The van der Waals surface area contributed by atoms with E-state index in [1.54, 1.807) is 0 Å². The summed E-state index contributed by atoms with van der Waals surface area (Å²) in [4.78, 5) is 0. The van der Waals surface area contributed by atoms with Crippen LogP contribution in [0, 0.1) is 0 Å². The summed E-state index contributed by atoms with van der Waals surface area (Å²) in [6.07, 6.45) is 2.01. The molecule has 8 heteroatoms. The van der Waals surface area contributed by atoms with Gasteiger partial charge in [0.15, 0.2) is 10.2 Å². The molecule has 0 saturated carbocycles. The summed E-state index contributed by atoms with van der Waals surface area (Å²) in [5, 5.41) is 13.8. The monoisotopic (exact) mass is 446 g/mol. The number of hydrogen-bond donors (Lipinski definition) is 4. The van der Waals surface area contributed by atoms with Crippen LogP contribution in [0.3, 0.4) is 0 Å². The average molecular weight is 447 g/mol. The van der Waals surface area contributed by atoms with Crippen molar-refractivity contribution in [3.63, 3.8) is 0 Å². The summed E-state index contributed by atoms with van der Waals surface area (Å²) in [7, 11) is 0. The summed E-state index contributed by atoms with van der Waals surface area (Å²) < 4.78 is 11.8. The summed E-state index contributed by atoms with van der Waals surface area (Å²) in [6.45, 7) is 6.62. The average Bonchev–Trinajstić information content (AvgIpc) is 2.76. The first kappa shape index (κ1) is 23.7. The maximum Gasteiger partial charge on any atom is 0.170 e. The van der Waals surface area contributed by atoms with Gasteiger partial charge in [-0.05, 0) is 61.5 Å². The molecule has 0 spiro atoms. The number of para-hydroxylation sites is 4. The van der Waals surface area contributed by atoms with Crippen molar-refractivity contribution >= 4 is 46.0 Å². The maximum atomic E-state index is 5.90. The molecule has 0 heterocycles. The molecule has 162 valence electrons. The lowest BCUT2D eigenvalue weighted by Gasteiger charge is -2.16. The Morgan fingerprint density at radius 3 is 1.50 bits per heavy atom. The van der Waals surface area contributed by atoms with Crippen LogP contribution >= 0.6 is 24.4 Å². The molecular formula is C22H30N4O2S2. The van der Waals surface area contributed by atoms with Crippen LogP contribution < -0.4 is 30.7 Å². The maximum absolute atomic E-state index is 5.90. The van der Waals surface area contributed by atoms with Gasteiger partial charge in [-0.25, -0.2) is 0 Å². The molecule has 30 heavy (non-hydrogen) atoms. The van der Waals surface area contributed by atoms with Crippen molar-refractivity contribution in [3.05, 3.63) is 48.5 Å². The molecule has 0 aliphatic heterocycles. The Kier molecular flexibility index (Phi) is 10.7. The van der Waals surface area contributed by atoms with E-state index in [0.717, 1.165) is 48.8 Å². The third kappa shape index (κ3) is 8.42. The molecule has 2 aromatic carbocycles. The Balaban J connectivity index is 1.86. The first-order chi connectivity index (χ1) is 14.6. The fraction of sp³-hybridized carbons (Fsp3) is 0.364. The Labute approximate surface area is 189 Å². The van der Waals surface area contributed by atoms with Gasteiger partial charge in [0.25, 0.3) is 0 Å². The lowest BCUT2D eigenvalue weighted by Crippen LogP contribution is -2.29. The molecule has 0 atom stereocenters. The molecule has 2 aromatic rings. The molecule has 0 saturated heterocycles. The molecule has 6 nitrogen and oxygen atoms in total. The molecule has 0 bridgehead atoms. The number of ether oxygens (including phenoxy) is 2. The largest absolute Gasteiger partial charge is 0.488 e. The minimum atomic E-state index is 0.390. The summed E-state index contributed by atoms with van der Waals surface area (Å²) in [5.41, 5.74) is 1.64. The van der Waals surface area contributed by atoms with E-state index in [9.17, 15) is 0 Å². The summed E-state index contributed by atoms with van der Waals surface area (Å²) in [6, 6.07) is 15.4. The van der Waals surface area contributed by atoms with E-state index < -0.39 is 0 Å². The first-order valence-electron chi connectivity index (χ1n) is 10.2. The van der Waals surface area contributed by atoms with Crippen molar-refractivity contribution in [2.24, 2.45) is 0 Å². The van der Waals surface area contributed by atoms with Gasteiger partial charge >= 0.3 is 0 Å². The SMILES string of the molecule is CCCNC(=S)Nc1ccccc1OCCOc1ccccc1NC(=S)NCCC. The van der Waals surface area contributed by atoms with E-state index in [1.165, 1.54) is 0 Å². The molecule has 2 rings (SSSR count). The van der Waals surface area contributed by atoms with Gasteiger partial charge in [0.2, 0.25) is 0 Å². The van der Waals surface area contributed by atoms with Crippen molar-refractivity contribution in [3.8, 4) is 11.5 Å². The topological polar surface area (TPSA) is 66.6 Å². The zero-order valence-corrected chi connectivity index (χ0v) is 19.1. The van der Waals surface area contributed by atoms with Gasteiger partial charge < -0.3 is 30.7 Å². The minimum absolute atomic E-state index is 0.390. The van der Waals surface area contributed by atoms with Crippen molar-refractivity contribution < 1.29 is 9.47 Å². The highest BCUT2D eigenvalue weighted by Crippen LogP contribution is 2.25. The number of nitrogens with one attached hydrogen (secondary N) is 4. The highest BCUT2D eigenvalue weighted by atomic mass is 32.1. The third-order valence-electron chi connectivity index (χ3n) is 3.94. The molecule has 0 radical (unpaired) electrons. The van der Waals surface area contributed by atoms with E-state index >= 15 is 0 Å². The van der Waals surface area contributed by atoms with Crippen LogP contribution in [-0.2, 0) is 0 Å². The van der Waals surface area contributed by atoms with E-state index in [0.29, 0.717) is 23.4 Å². The zero-order chi connectivity index (χ0) is 21.6. The second kappa shape index (κ2) is 13.6. The van der Waals surface area contributed by atoms with E-state index in [2.05, 4.69) is 35.1 Å². The van der Waals surface area contributed by atoms with Gasteiger partial charge in [-0.2, -0.15) is 0 Å². The smallest absolute Gasteiger partial charge is 0.170 e. The standard InChI is InChI=1S/C22H30N4O2S2/c1-3-13-23-21(29)25-17-9-5-7-11-19(17)27-15-16-28-20-12-8-6-10-18(20)26-22(30)24-14-4-2/h5-12H,3-4,13-16H2,1-2H3,(H2,23,25,29)(H2,24,26,30). The third-order valence-corrected chi connectivity index (χ3v) is 4.43. The van der Waals surface area contributed by atoms with Crippen molar-refractivity contribution in [1.82, 2.24) is 10.6 Å². The van der Waals surface area contributed by atoms with Crippen LogP contribution in [0.2, 0.25) is 0 Å². The predicted molar refractivity (Wildman–Crippen MR) is 133 cm³/mol. The van der Waals surface area contributed by atoms with Gasteiger partial charge in [-0.1, -0.05) is 38.1 Å². The molecular weight excluding hydrogens is 416 g/mol. The van der Waals surface area contributed by atoms with E-state index in [4.69, 9.17) is 33.9 Å². The summed E-state index contributed by atoms with van der Waals surface area (Å²) in [5.74, 6) is 1.44. The molecule has 0 aromatic heterocycles. The predicted octanol–water partition coefficient (Wildman–Crippen LogP) is 4.54. The molecule has 0 amide bonds. The van der Waals surface area contributed by atoms with Crippen LogP contribution in [0.5, 0.6) is 11.5 Å². The second-order valence-electron chi connectivity index (χ2n) is 6.45. The minimum Gasteiger partial charge on any atom is -0.488 e. The van der Waals surface area contributed by atoms with Crippen molar-refractivity contribution in [2.45, 2.75) is 26.7 Å². The van der Waals surface area contributed by atoms with Crippen molar-refractivity contribution in [2.75, 3.05) is 36.9 Å². The molecule has 0 unspecified atom stereocenters. The lowest BCUT2D eigenvalue weighted by atomic mass is 10.3. The number of thiocarbonyl (C=S) groups is 2. The van der Waals surface area contributed by atoms with Gasteiger partial charge in [0, 0.05) is 13.1 Å². The molecule has 0 fully saturated rings. The van der Waals surface area contributed by atoms with Crippen LogP contribution in [0.1, 0.15) is 26.7 Å². The van der Waals surface area contributed by atoms with Crippen molar-refractivity contribution in [1.29, 1.82) is 0 Å². The van der Waals surface area contributed by atoms with E-state index in [-0.39, 0.29) is 0 Å². The number of anilines is 2. The van der Waals surface area contributed by atoms with Crippen LogP contribution in [-0.4, -0.2) is 36.5 Å². The Morgan fingerprint density at radius 2 is 1.10 bits per heavy atom. The normalized spacial score (nSPS) is 10.1. The quantitative estimate of drug-likeness (QED) is 0.296. The lowest BCUT2D eigenvalue weighted by molar-refractivity contribution is 0.218. The van der Waals surface area contributed by atoms with E-state index in [1.807, 2.05) is 48.5 Å². The second-order valence-corrected chi connectivity index (χ2v) is 7.27. The van der Waals surface area contributed by atoms with Crippen LogP contribution in [0.15, 0.2) is 48.5 Å². The zero-order valence-electron chi connectivity index (χ0n) is 17.5. The molecule has 4 N–H and O–H groups in total. The number of hydrogen-bond acceptors (Lipinski definition) is 4.